The van der Waals surface area contributed by atoms with E-state index in [-0.39, 0.29) is 42.5 Å². The number of carbonyl (C=O) groups excluding carboxylic acids is 3. The molecule has 1 aliphatic heterocycles. The van der Waals surface area contributed by atoms with Gasteiger partial charge in [0.15, 0.2) is 17.2 Å². The van der Waals surface area contributed by atoms with Crippen molar-refractivity contribution in [2.45, 2.75) is 51.4 Å². The Morgan fingerprint density at radius 2 is 1.74 bits per heavy atom. The SMILES string of the molecule is CCC(=O)Oc1cc(C2Oc3nc(SC)nnc3-c3ccccc3N2C(=O)CC)cc(Br)c1OC(=O)CC. The van der Waals surface area contributed by atoms with E-state index in [1.165, 1.54) is 22.7 Å². The van der Waals surface area contributed by atoms with E-state index in [1.807, 2.05) is 24.5 Å². The van der Waals surface area contributed by atoms with E-state index in [4.69, 9.17) is 14.2 Å². The summed E-state index contributed by atoms with van der Waals surface area (Å²) in [5.74, 6) is -0.993. The number of anilines is 1. The number of fused-ring (bicyclic) bond motifs is 3. The minimum Gasteiger partial charge on any atom is -0.447 e. The first-order valence-electron chi connectivity index (χ1n) is 11.9. The first-order chi connectivity index (χ1) is 18.3. The van der Waals surface area contributed by atoms with Gasteiger partial charge in [-0.25, -0.2) is 0 Å². The zero-order chi connectivity index (χ0) is 27.4. The number of esters is 2. The zero-order valence-electron chi connectivity index (χ0n) is 21.2. The summed E-state index contributed by atoms with van der Waals surface area (Å²) >= 11 is 4.75. The molecule has 0 radical (unpaired) electrons. The van der Waals surface area contributed by atoms with Crippen LogP contribution in [-0.4, -0.2) is 39.3 Å². The van der Waals surface area contributed by atoms with Gasteiger partial charge in [0.25, 0.3) is 0 Å². The molecule has 38 heavy (non-hydrogen) atoms. The standard InChI is InChI=1S/C26H25BrN4O6S/c1-5-19(32)31-17-11-9-8-10-15(17)22-24(28-26(38-4)30-29-22)37-25(31)14-12-16(27)23(36-21(34)7-3)18(13-14)35-20(33)6-2/h8-13,25H,5-7H2,1-4H3. The number of rotatable bonds is 7. The first kappa shape index (κ1) is 27.5. The summed E-state index contributed by atoms with van der Waals surface area (Å²) in [5.41, 5.74) is 2.02. The fraction of sp³-hybridized carbons (Fsp3) is 0.308. The molecule has 1 aromatic heterocycles. The van der Waals surface area contributed by atoms with Gasteiger partial charge < -0.3 is 14.2 Å². The maximum atomic E-state index is 13.4. The highest BCUT2D eigenvalue weighted by atomic mass is 79.9. The molecule has 0 fully saturated rings. The van der Waals surface area contributed by atoms with Crippen LogP contribution in [0.4, 0.5) is 5.69 Å². The lowest BCUT2D eigenvalue weighted by atomic mass is 10.1. The normalized spacial score (nSPS) is 14.0. The zero-order valence-corrected chi connectivity index (χ0v) is 23.6. The van der Waals surface area contributed by atoms with E-state index in [1.54, 1.807) is 32.9 Å². The fourth-order valence-corrected chi connectivity index (χ4v) is 4.58. The maximum Gasteiger partial charge on any atom is 0.311 e. The Morgan fingerprint density at radius 1 is 1.03 bits per heavy atom. The average Bonchev–Trinajstić information content (AvgIpc) is 3.08. The number of hydrogen-bond donors (Lipinski definition) is 0. The van der Waals surface area contributed by atoms with Crippen LogP contribution < -0.4 is 19.1 Å². The molecule has 0 saturated heterocycles. The summed E-state index contributed by atoms with van der Waals surface area (Å²) in [5, 5.41) is 8.91. The molecule has 1 aliphatic rings. The molecule has 198 valence electrons. The van der Waals surface area contributed by atoms with Crippen molar-refractivity contribution in [3.05, 3.63) is 46.4 Å². The van der Waals surface area contributed by atoms with Crippen LogP contribution in [0.25, 0.3) is 11.3 Å². The lowest BCUT2D eigenvalue weighted by Crippen LogP contribution is -2.37. The van der Waals surface area contributed by atoms with E-state index >= 15 is 0 Å². The third kappa shape index (κ3) is 5.51. The Kier molecular flexibility index (Phi) is 8.62. The highest BCUT2D eigenvalue weighted by Gasteiger charge is 2.36. The van der Waals surface area contributed by atoms with Crippen molar-refractivity contribution in [3.63, 3.8) is 0 Å². The van der Waals surface area contributed by atoms with Crippen molar-refractivity contribution in [2.75, 3.05) is 11.2 Å². The summed E-state index contributed by atoms with van der Waals surface area (Å²) in [6.07, 6.45) is 1.20. The molecule has 3 aromatic rings. The average molecular weight is 601 g/mol. The van der Waals surface area contributed by atoms with Crippen molar-refractivity contribution in [1.82, 2.24) is 15.2 Å². The third-order valence-corrected chi connectivity index (χ3v) is 6.73. The summed E-state index contributed by atoms with van der Waals surface area (Å²) in [7, 11) is 0. The number of nitrogens with zero attached hydrogens (tertiary/aromatic N) is 4. The molecule has 12 heteroatoms. The largest absolute Gasteiger partial charge is 0.447 e. The number of benzene rings is 2. The summed E-state index contributed by atoms with van der Waals surface area (Å²) in [4.78, 5) is 43.8. The van der Waals surface area contributed by atoms with Gasteiger partial charge in [-0.1, -0.05) is 50.7 Å². The highest BCUT2D eigenvalue weighted by molar-refractivity contribution is 9.10. The minimum absolute atomic E-state index is 0.0129. The Morgan fingerprint density at radius 3 is 2.42 bits per heavy atom. The molecule has 4 rings (SSSR count). The molecule has 0 aliphatic carbocycles. The van der Waals surface area contributed by atoms with Crippen molar-refractivity contribution in [3.8, 4) is 28.6 Å². The van der Waals surface area contributed by atoms with Crippen molar-refractivity contribution in [2.24, 2.45) is 0 Å². The topological polar surface area (TPSA) is 121 Å². The van der Waals surface area contributed by atoms with Crippen LogP contribution in [0.2, 0.25) is 0 Å². The van der Waals surface area contributed by atoms with Crippen LogP contribution in [0.15, 0.2) is 46.0 Å². The second kappa shape index (κ2) is 11.9. The first-order valence-corrected chi connectivity index (χ1v) is 13.9. The Bertz CT molecular complexity index is 1400. The molecule has 0 bridgehead atoms. The number of ether oxygens (including phenoxy) is 3. The van der Waals surface area contributed by atoms with Crippen LogP contribution in [-0.2, 0) is 14.4 Å². The van der Waals surface area contributed by atoms with Crippen LogP contribution >= 0.6 is 27.7 Å². The van der Waals surface area contributed by atoms with E-state index in [0.717, 1.165) is 0 Å². The van der Waals surface area contributed by atoms with Crippen LogP contribution in [0.1, 0.15) is 51.8 Å². The minimum atomic E-state index is -1.03. The van der Waals surface area contributed by atoms with Crippen LogP contribution in [0.5, 0.6) is 17.4 Å². The summed E-state index contributed by atoms with van der Waals surface area (Å²) in [6.45, 7) is 5.06. The van der Waals surface area contributed by atoms with E-state index < -0.39 is 18.2 Å². The van der Waals surface area contributed by atoms with E-state index in [0.29, 0.717) is 32.1 Å². The number of para-hydroxylation sites is 1. The summed E-state index contributed by atoms with van der Waals surface area (Å²) < 4.78 is 17.7. The lowest BCUT2D eigenvalue weighted by Gasteiger charge is -2.31. The van der Waals surface area contributed by atoms with Crippen LogP contribution in [0.3, 0.4) is 0 Å². The Balaban J connectivity index is 1.95. The molecular weight excluding hydrogens is 576 g/mol. The number of hydrogen-bond acceptors (Lipinski definition) is 10. The maximum absolute atomic E-state index is 13.4. The highest BCUT2D eigenvalue weighted by Crippen LogP contribution is 2.46. The molecule has 1 amide bonds. The smallest absolute Gasteiger partial charge is 0.311 e. The molecule has 2 aromatic carbocycles. The van der Waals surface area contributed by atoms with Crippen molar-refractivity contribution >= 4 is 51.2 Å². The molecule has 1 atom stereocenters. The van der Waals surface area contributed by atoms with Gasteiger partial charge in [-0.2, -0.15) is 4.98 Å². The molecule has 0 saturated carbocycles. The van der Waals surface area contributed by atoms with Crippen LogP contribution in [0, 0.1) is 0 Å². The molecule has 0 spiro atoms. The van der Waals surface area contributed by atoms with Gasteiger partial charge in [0, 0.05) is 30.4 Å². The second-order valence-corrected chi connectivity index (χ2v) is 9.67. The predicted octanol–water partition coefficient (Wildman–Crippen LogP) is 5.49. The Labute approximate surface area is 232 Å². The van der Waals surface area contributed by atoms with Gasteiger partial charge in [0.1, 0.15) is 0 Å². The second-order valence-electron chi connectivity index (χ2n) is 8.04. The van der Waals surface area contributed by atoms with Gasteiger partial charge in [-0.05, 0) is 40.4 Å². The molecule has 1 unspecified atom stereocenters. The van der Waals surface area contributed by atoms with Gasteiger partial charge in [0.05, 0.1) is 10.2 Å². The number of thioether (sulfide) groups is 1. The van der Waals surface area contributed by atoms with Gasteiger partial charge in [0.2, 0.25) is 23.2 Å². The molecule has 2 heterocycles. The molecule has 0 N–H and O–H groups in total. The predicted molar refractivity (Wildman–Crippen MR) is 144 cm³/mol. The molecule has 10 nitrogen and oxygen atoms in total. The monoisotopic (exact) mass is 600 g/mol. The van der Waals surface area contributed by atoms with Gasteiger partial charge in [-0.15, -0.1) is 10.2 Å². The van der Waals surface area contributed by atoms with Crippen molar-refractivity contribution in [1.29, 1.82) is 0 Å². The fourth-order valence-electron chi connectivity index (χ4n) is 3.74. The Hall–Kier alpha value is -3.51. The number of halogens is 1. The van der Waals surface area contributed by atoms with E-state index in [9.17, 15) is 14.4 Å². The number of aromatic nitrogens is 3. The third-order valence-electron chi connectivity index (χ3n) is 5.60. The van der Waals surface area contributed by atoms with Gasteiger partial charge in [-0.3, -0.25) is 19.3 Å². The van der Waals surface area contributed by atoms with E-state index in [2.05, 4.69) is 31.1 Å². The molecular formula is C26H25BrN4O6S. The quantitative estimate of drug-likeness (QED) is 0.195. The summed E-state index contributed by atoms with van der Waals surface area (Å²) in [6, 6.07) is 10.4. The lowest BCUT2D eigenvalue weighted by molar-refractivity contribution is -0.136. The van der Waals surface area contributed by atoms with Crippen molar-refractivity contribution < 1.29 is 28.6 Å². The van der Waals surface area contributed by atoms with Gasteiger partial charge >= 0.3 is 11.9 Å². The number of carbonyl (C=O) groups is 3. The number of amides is 1.